The quantitative estimate of drug-likeness (QED) is 0.103. The van der Waals surface area contributed by atoms with Gasteiger partial charge in [-0.25, -0.2) is 0 Å². The highest BCUT2D eigenvalue weighted by Crippen LogP contribution is 2.35. The minimum atomic E-state index is -2.09. The van der Waals surface area contributed by atoms with Crippen LogP contribution in [-0.2, 0) is 33.2 Å². The number of hydrogen-bond acceptors (Lipinski definition) is 21. The number of hydrogen-bond donors (Lipinski definition) is 14. The molecule has 45 heavy (non-hydrogen) atoms. The van der Waals surface area contributed by atoms with Gasteiger partial charge in [0, 0.05) is 0 Å². The molecule has 21 heteroatoms. The zero-order valence-electron chi connectivity index (χ0n) is 23.5. The molecule has 0 spiro atoms. The average molecular weight is 667 g/mol. The number of aliphatic hydroxyl groups excluding tert-OH is 14. The van der Waals surface area contributed by atoms with Gasteiger partial charge in [-0.15, -0.1) is 0 Å². The second kappa shape index (κ2) is 15.6. The van der Waals surface area contributed by atoms with Crippen LogP contribution in [0, 0.1) is 0 Å². The Morgan fingerprint density at radius 1 is 0.333 bits per heavy atom. The lowest BCUT2D eigenvalue weighted by atomic mass is 9.95. The van der Waals surface area contributed by atoms with E-state index in [1.54, 1.807) is 0 Å². The molecule has 0 amide bonds. The zero-order valence-corrected chi connectivity index (χ0v) is 23.5. The molecule has 4 fully saturated rings. The smallest absolute Gasteiger partial charge is 0.187 e. The molecule has 4 aliphatic rings. The number of aliphatic hydroxyl groups is 14. The molecule has 4 saturated heterocycles. The molecule has 264 valence electrons. The van der Waals surface area contributed by atoms with E-state index in [4.69, 9.17) is 33.2 Å². The summed E-state index contributed by atoms with van der Waals surface area (Å²) in [7, 11) is 0. The van der Waals surface area contributed by atoms with Gasteiger partial charge < -0.3 is 105 Å². The summed E-state index contributed by atoms with van der Waals surface area (Å²) >= 11 is 0. The lowest BCUT2D eigenvalue weighted by Crippen LogP contribution is -2.68. The van der Waals surface area contributed by atoms with E-state index >= 15 is 0 Å². The Labute approximate surface area is 254 Å². The maximum atomic E-state index is 10.9. The van der Waals surface area contributed by atoms with Crippen molar-refractivity contribution in [3.05, 3.63) is 0 Å². The van der Waals surface area contributed by atoms with Crippen molar-refractivity contribution in [1.82, 2.24) is 0 Å². The van der Waals surface area contributed by atoms with Crippen LogP contribution >= 0.6 is 0 Å². The fourth-order valence-electron chi connectivity index (χ4n) is 5.49. The summed E-state index contributed by atoms with van der Waals surface area (Å²) in [6.45, 7) is -3.44. The lowest BCUT2D eigenvalue weighted by Gasteiger charge is -2.49. The molecule has 0 bridgehead atoms. The third-order valence-electron chi connectivity index (χ3n) is 8.21. The lowest BCUT2D eigenvalue weighted by molar-refractivity contribution is -0.403. The van der Waals surface area contributed by atoms with E-state index in [0.29, 0.717) is 0 Å². The van der Waals surface area contributed by atoms with E-state index in [1.807, 2.05) is 0 Å². The van der Waals surface area contributed by atoms with Gasteiger partial charge in [-0.05, 0) is 0 Å². The van der Waals surface area contributed by atoms with Crippen molar-refractivity contribution in [3.63, 3.8) is 0 Å². The predicted octanol–water partition coefficient (Wildman–Crippen LogP) is -9.75. The third-order valence-corrected chi connectivity index (χ3v) is 8.21. The normalized spacial score (nSPS) is 52.9. The van der Waals surface area contributed by atoms with Crippen molar-refractivity contribution in [2.45, 2.75) is 123 Å². The van der Waals surface area contributed by atoms with Crippen LogP contribution in [0.2, 0.25) is 0 Å². The Hall–Kier alpha value is -0.840. The first-order valence-electron chi connectivity index (χ1n) is 14.1. The van der Waals surface area contributed by atoms with Crippen LogP contribution in [0.1, 0.15) is 0 Å². The fourth-order valence-corrected chi connectivity index (χ4v) is 5.49. The molecule has 0 aromatic heterocycles. The van der Waals surface area contributed by atoms with E-state index < -0.39 is 149 Å². The van der Waals surface area contributed by atoms with Crippen molar-refractivity contribution in [2.75, 3.05) is 26.4 Å². The first-order valence-corrected chi connectivity index (χ1v) is 14.1. The van der Waals surface area contributed by atoms with Crippen LogP contribution in [0.15, 0.2) is 0 Å². The zero-order chi connectivity index (χ0) is 33.3. The summed E-state index contributed by atoms with van der Waals surface area (Å²) in [4.78, 5) is 0. The Morgan fingerprint density at radius 3 is 1.13 bits per heavy atom. The van der Waals surface area contributed by atoms with Crippen LogP contribution in [0.4, 0.5) is 0 Å². The molecule has 0 aromatic carbocycles. The molecular weight excluding hydrogens is 624 g/mol. The molecule has 14 N–H and O–H groups in total. The van der Waals surface area contributed by atoms with E-state index in [-0.39, 0.29) is 0 Å². The van der Waals surface area contributed by atoms with Crippen LogP contribution in [0.25, 0.3) is 0 Å². The molecule has 4 aliphatic heterocycles. The standard InChI is InChI=1S/C24H42O21/c25-1-5-9(29)13(33)16(36)22(40-5)43-18-12(32)8(4-28)39-21(38)20(18)45-24-19(15(35)11(31)7(3-27)42-24)44-23-17(37)14(34)10(30)6(2-26)41-23/h5-38H,1-4H2/t5-,6-,7-,8-,9-,10+,11+,12-,13+,14+,15+,16-,17-,18+,19-,20-,21?,22-,23-,24-/m1/s1. The summed E-state index contributed by atoms with van der Waals surface area (Å²) in [5.74, 6) is 0. The molecule has 20 atom stereocenters. The van der Waals surface area contributed by atoms with Crippen molar-refractivity contribution in [2.24, 2.45) is 0 Å². The summed E-state index contributed by atoms with van der Waals surface area (Å²) in [5, 5.41) is 143. The molecule has 0 radical (unpaired) electrons. The largest absolute Gasteiger partial charge is 0.394 e. The first kappa shape index (κ1) is 37.0. The SMILES string of the molecule is OC[C@H]1O[C@H](O[C@H]2[C@@H](O[C@H]3C(O)O[C@H](CO)[C@@H](O)[C@@H]3O[C@H]3O[C@H](CO)[C@@H](O)[C@H](O)[C@H]3O)O[C@H](CO)[C@H](O)[C@@H]2O)[C@H](O)[C@@H](O)[C@H]1O. The Balaban J connectivity index is 1.62. The minimum absolute atomic E-state index is 0.835. The second-order valence-corrected chi connectivity index (χ2v) is 11.1. The molecule has 21 nitrogen and oxygen atoms in total. The Morgan fingerprint density at radius 2 is 0.689 bits per heavy atom. The van der Waals surface area contributed by atoms with Crippen LogP contribution < -0.4 is 0 Å². The minimum Gasteiger partial charge on any atom is -0.394 e. The van der Waals surface area contributed by atoms with E-state index in [0.717, 1.165) is 0 Å². The maximum Gasteiger partial charge on any atom is 0.187 e. The van der Waals surface area contributed by atoms with Gasteiger partial charge in [0.25, 0.3) is 0 Å². The van der Waals surface area contributed by atoms with E-state index in [1.165, 1.54) is 0 Å². The molecule has 0 aliphatic carbocycles. The monoisotopic (exact) mass is 666 g/mol. The van der Waals surface area contributed by atoms with Gasteiger partial charge >= 0.3 is 0 Å². The number of rotatable bonds is 10. The molecule has 1 unspecified atom stereocenters. The van der Waals surface area contributed by atoms with Gasteiger partial charge in [0.2, 0.25) is 0 Å². The van der Waals surface area contributed by atoms with Crippen molar-refractivity contribution < 1.29 is 105 Å². The first-order chi connectivity index (χ1) is 21.3. The van der Waals surface area contributed by atoms with Crippen molar-refractivity contribution in [3.8, 4) is 0 Å². The van der Waals surface area contributed by atoms with Crippen LogP contribution in [0.3, 0.4) is 0 Å². The molecular formula is C24H42O21. The molecule has 4 rings (SSSR count). The molecule has 0 aromatic rings. The molecule has 0 saturated carbocycles. The second-order valence-electron chi connectivity index (χ2n) is 11.1. The third kappa shape index (κ3) is 7.44. The van der Waals surface area contributed by atoms with Crippen LogP contribution in [0.5, 0.6) is 0 Å². The van der Waals surface area contributed by atoms with Crippen LogP contribution in [-0.4, -0.2) is 221 Å². The average Bonchev–Trinajstić information content (AvgIpc) is 3.03. The highest BCUT2D eigenvalue weighted by Gasteiger charge is 2.55. The van der Waals surface area contributed by atoms with Gasteiger partial charge in [-0.3, -0.25) is 0 Å². The Kier molecular flexibility index (Phi) is 12.8. The van der Waals surface area contributed by atoms with Crippen molar-refractivity contribution >= 4 is 0 Å². The number of ether oxygens (including phenoxy) is 7. The summed E-state index contributed by atoms with van der Waals surface area (Å²) in [5.41, 5.74) is 0. The maximum absolute atomic E-state index is 10.9. The van der Waals surface area contributed by atoms with Gasteiger partial charge in [0.05, 0.1) is 26.4 Å². The topological polar surface area (TPSA) is 348 Å². The van der Waals surface area contributed by atoms with Crippen molar-refractivity contribution in [1.29, 1.82) is 0 Å². The van der Waals surface area contributed by atoms with Gasteiger partial charge in [-0.2, -0.15) is 0 Å². The predicted molar refractivity (Wildman–Crippen MR) is 134 cm³/mol. The highest BCUT2D eigenvalue weighted by atomic mass is 16.8. The van der Waals surface area contributed by atoms with E-state index in [2.05, 4.69) is 0 Å². The van der Waals surface area contributed by atoms with Gasteiger partial charge in [0.1, 0.15) is 97.7 Å². The summed E-state index contributed by atoms with van der Waals surface area (Å²) in [6, 6.07) is 0. The molecule has 4 heterocycles. The fraction of sp³-hybridized carbons (Fsp3) is 1.00. The summed E-state index contributed by atoms with van der Waals surface area (Å²) < 4.78 is 38.3. The van der Waals surface area contributed by atoms with Gasteiger partial charge in [-0.1, -0.05) is 0 Å². The van der Waals surface area contributed by atoms with Gasteiger partial charge in [0.15, 0.2) is 25.2 Å². The van der Waals surface area contributed by atoms with E-state index in [9.17, 15) is 71.5 Å². The summed E-state index contributed by atoms with van der Waals surface area (Å²) in [6.07, 6.45) is -36.5. The Bertz CT molecular complexity index is 914. The highest BCUT2D eigenvalue weighted by molar-refractivity contribution is 4.97.